The third kappa shape index (κ3) is 4.54. The zero-order valence-corrected chi connectivity index (χ0v) is 20.0. The van der Waals surface area contributed by atoms with Gasteiger partial charge in [0, 0.05) is 28.4 Å². The second kappa shape index (κ2) is 8.50. The summed E-state index contributed by atoms with van der Waals surface area (Å²) in [6.45, 7) is 7.55. The Kier molecular flexibility index (Phi) is 5.63. The van der Waals surface area contributed by atoms with E-state index in [9.17, 15) is 5.11 Å². The molecular weight excluding hydrogens is 419 g/mol. The summed E-state index contributed by atoms with van der Waals surface area (Å²) in [7, 11) is 1.76. The molecule has 1 heterocycles. The Hall–Kier alpha value is -3.28. The van der Waals surface area contributed by atoms with E-state index in [0.29, 0.717) is 6.42 Å². The van der Waals surface area contributed by atoms with E-state index in [1.54, 1.807) is 21.3 Å². The van der Waals surface area contributed by atoms with Crippen LogP contribution in [0.25, 0.3) is 43.8 Å². The monoisotopic (exact) mass is 447 g/mol. The molecule has 0 aliphatic carbocycles. The van der Waals surface area contributed by atoms with Crippen LogP contribution in [0.2, 0.25) is 0 Å². The predicted molar refractivity (Wildman–Crippen MR) is 141 cm³/mol. The van der Waals surface area contributed by atoms with Crippen LogP contribution in [0, 0.1) is 0 Å². The number of rotatable bonds is 6. The molecule has 0 bridgehead atoms. The summed E-state index contributed by atoms with van der Waals surface area (Å²) in [4.78, 5) is 9.93. The lowest BCUT2D eigenvalue weighted by Crippen LogP contribution is -2.38. The quantitative estimate of drug-likeness (QED) is 0.264. The van der Waals surface area contributed by atoms with Gasteiger partial charge in [-0.3, -0.25) is 4.98 Å². The zero-order chi connectivity index (χ0) is 23.9. The summed E-state index contributed by atoms with van der Waals surface area (Å²) in [6, 6.07) is 24.8. The number of aromatic nitrogens is 2. The summed E-state index contributed by atoms with van der Waals surface area (Å²) in [5.74, 6) is 0. The number of benzene rings is 4. The first-order valence-electron chi connectivity index (χ1n) is 11.6. The minimum Gasteiger partial charge on any atom is -0.429 e. The van der Waals surface area contributed by atoms with Gasteiger partial charge in [-0.15, -0.1) is 0 Å². The minimum absolute atomic E-state index is 0.489. The lowest BCUT2D eigenvalue weighted by molar-refractivity contribution is -0.00854. The van der Waals surface area contributed by atoms with Crippen LogP contribution in [0.3, 0.4) is 0 Å². The van der Waals surface area contributed by atoms with Crippen molar-refractivity contribution < 1.29 is 9.76 Å². The van der Waals surface area contributed by atoms with Crippen LogP contribution >= 0.6 is 0 Å². The number of nitrogens with zero attached hydrogens (tertiary/aromatic N) is 2. The highest BCUT2D eigenvalue weighted by Crippen LogP contribution is 2.33. The summed E-state index contributed by atoms with van der Waals surface area (Å²) in [5, 5.41) is 14.7. The molecule has 1 N–H and O–H groups in total. The molecule has 0 unspecified atom stereocenters. The van der Waals surface area contributed by atoms with E-state index >= 15 is 0 Å². The maximum atomic E-state index is 10.2. The van der Waals surface area contributed by atoms with Crippen LogP contribution in [-0.4, -0.2) is 33.8 Å². The number of hydrogen-bond acceptors (Lipinski definition) is 4. The molecule has 4 nitrogen and oxygen atoms in total. The summed E-state index contributed by atoms with van der Waals surface area (Å²) >= 11 is 0. The molecular formula is C29H28BN2O2. The molecule has 34 heavy (non-hydrogen) atoms. The van der Waals surface area contributed by atoms with Gasteiger partial charge in [0.2, 0.25) is 0 Å². The summed E-state index contributed by atoms with van der Waals surface area (Å²) < 4.78 is 6.04. The van der Waals surface area contributed by atoms with Crippen LogP contribution in [-0.2, 0) is 4.65 Å². The SMILES string of the molecule is CC(C)(O)CC(C)(C)O[B]c1cccc(-c2cnc3c4ccccc4c4ccccc4c3n2)c1. The molecule has 5 heteroatoms. The second-order valence-corrected chi connectivity index (χ2v) is 10.2. The summed E-state index contributed by atoms with van der Waals surface area (Å²) in [6.07, 6.45) is 2.37. The lowest BCUT2D eigenvalue weighted by Gasteiger charge is -2.32. The largest absolute Gasteiger partial charge is 0.429 e. The van der Waals surface area contributed by atoms with Gasteiger partial charge in [-0.1, -0.05) is 78.3 Å². The first kappa shape index (κ1) is 22.5. The van der Waals surface area contributed by atoms with E-state index in [1.165, 1.54) is 10.8 Å². The normalized spacial score (nSPS) is 12.5. The molecule has 5 rings (SSSR count). The van der Waals surface area contributed by atoms with Gasteiger partial charge in [0.25, 0.3) is 0 Å². The third-order valence-electron chi connectivity index (χ3n) is 5.98. The Morgan fingerprint density at radius 1 is 0.794 bits per heavy atom. The van der Waals surface area contributed by atoms with E-state index in [0.717, 1.165) is 38.5 Å². The standard InChI is InChI=1S/C29H28BN2O2/c1-28(2,33)18-29(3,4)34-30-20-11-9-10-19(16-20)25-17-31-26-23-14-7-5-12-21(23)22-13-6-8-15-24(22)27(26)32-25/h5-17,33H,18H2,1-4H3. The Morgan fingerprint density at radius 2 is 1.41 bits per heavy atom. The Bertz CT molecular complexity index is 1470. The fraction of sp³-hybridized carbons (Fsp3) is 0.241. The Labute approximate surface area is 200 Å². The van der Waals surface area contributed by atoms with Crippen molar-refractivity contribution in [3.05, 3.63) is 79.0 Å². The molecule has 169 valence electrons. The fourth-order valence-electron chi connectivity index (χ4n) is 4.84. The highest BCUT2D eigenvalue weighted by molar-refractivity contribution is 6.47. The molecule has 0 aliphatic heterocycles. The lowest BCUT2D eigenvalue weighted by atomic mass is 9.83. The van der Waals surface area contributed by atoms with Crippen molar-refractivity contribution in [3.8, 4) is 11.3 Å². The van der Waals surface area contributed by atoms with Gasteiger partial charge in [0.05, 0.1) is 28.5 Å². The van der Waals surface area contributed by atoms with Crippen molar-refractivity contribution >= 4 is 45.5 Å². The van der Waals surface area contributed by atoms with E-state index in [2.05, 4.69) is 42.5 Å². The molecule has 4 aromatic carbocycles. The maximum absolute atomic E-state index is 10.2. The van der Waals surface area contributed by atoms with Gasteiger partial charge >= 0.3 is 7.48 Å². The first-order valence-corrected chi connectivity index (χ1v) is 11.6. The van der Waals surface area contributed by atoms with Crippen molar-refractivity contribution in [2.75, 3.05) is 0 Å². The highest BCUT2D eigenvalue weighted by Gasteiger charge is 2.27. The van der Waals surface area contributed by atoms with Gasteiger partial charge in [-0.05, 0) is 38.5 Å². The zero-order valence-electron chi connectivity index (χ0n) is 20.0. The van der Waals surface area contributed by atoms with E-state index < -0.39 is 11.2 Å². The molecule has 1 aromatic heterocycles. The average molecular weight is 447 g/mol. The van der Waals surface area contributed by atoms with Crippen LogP contribution < -0.4 is 5.46 Å². The molecule has 1 radical (unpaired) electrons. The number of fused-ring (bicyclic) bond motifs is 6. The third-order valence-corrected chi connectivity index (χ3v) is 5.98. The van der Waals surface area contributed by atoms with E-state index in [-0.39, 0.29) is 0 Å². The van der Waals surface area contributed by atoms with Crippen LogP contribution in [0.15, 0.2) is 79.0 Å². The van der Waals surface area contributed by atoms with Crippen LogP contribution in [0.1, 0.15) is 34.1 Å². The van der Waals surface area contributed by atoms with E-state index in [1.807, 2.05) is 50.4 Å². The molecule has 0 atom stereocenters. The van der Waals surface area contributed by atoms with Crippen molar-refractivity contribution in [1.82, 2.24) is 9.97 Å². The van der Waals surface area contributed by atoms with Gasteiger partial charge in [0.15, 0.2) is 0 Å². The van der Waals surface area contributed by atoms with Crippen molar-refractivity contribution in [2.45, 2.75) is 45.3 Å². The molecule has 0 saturated carbocycles. The summed E-state index contributed by atoms with van der Waals surface area (Å²) in [5.41, 5.74) is 3.26. The Balaban J connectivity index is 1.53. The average Bonchev–Trinajstić information content (AvgIpc) is 2.81. The van der Waals surface area contributed by atoms with Crippen molar-refractivity contribution in [2.24, 2.45) is 0 Å². The second-order valence-electron chi connectivity index (χ2n) is 10.2. The van der Waals surface area contributed by atoms with E-state index in [4.69, 9.17) is 14.6 Å². The van der Waals surface area contributed by atoms with Crippen LogP contribution in [0.4, 0.5) is 0 Å². The molecule has 0 spiro atoms. The van der Waals surface area contributed by atoms with Crippen LogP contribution in [0.5, 0.6) is 0 Å². The van der Waals surface area contributed by atoms with Crippen molar-refractivity contribution in [3.63, 3.8) is 0 Å². The van der Waals surface area contributed by atoms with Gasteiger partial charge < -0.3 is 9.76 Å². The predicted octanol–water partition coefficient (Wildman–Crippen LogP) is 5.80. The van der Waals surface area contributed by atoms with Crippen molar-refractivity contribution in [1.29, 1.82) is 0 Å². The number of hydrogen-bond donors (Lipinski definition) is 1. The molecule has 0 saturated heterocycles. The first-order chi connectivity index (χ1) is 16.2. The fourth-order valence-corrected chi connectivity index (χ4v) is 4.84. The Morgan fingerprint density at radius 3 is 2.06 bits per heavy atom. The van der Waals surface area contributed by atoms with Gasteiger partial charge in [-0.25, -0.2) is 4.98 Å². The van der Waals surface area contributed by atoms with Gasteiger partial charge in [0.1, 0.15) is 0 Å². The maximum Gasteiger partial charge on any atom is 0.330 e. The molecule has 0 amide bonds. The smallest absolute Gasteiger partial charge is 0.330 e. The van der Waals surface area contributed by atoms with Gasteiger partial charge in [-0.2, -0.15) is 0 Å². The topological polar surface area (TPSA) is 55.2 Å². The number of aliphatic hydroxyl groups is 1. The molecule has 0 aliphatic rings. The minimum atomic E-state index is -0.799. The highest BCUT2D eigenvalue weighted by atomic mass is 16.5. The molecule has 5 aromatic rings. The molecule has 0 fully saturated rings.